The number of carbonyl (C=O) groups excluding carboxylic acids is 1. The maximum absolute atomic E-state index is 14.3. The zero-order chi connectivity index (χ0) is 20.2. The van der Waals surface area contributed by atoms with Gasteiger partial charge in [-0.15, -0.1) is 0 Å². The van der Waals surface area contributed by atoms with Gasteiger partial charge in [0.25, 0.3) is 5.91 Å². The van der Waals surface area contributed by atoms with Gasteiger partial charge in [-0.3, -0.25) is 9.78 Å². The molecule has 4 aromatic rings. The second-order valence-electron chi connectivity index (χ2n) is 6.09. The van der Waals surface area contributed by atoms with Gasteiger partial charge in [-0.2, -0.15) is 0 Å². The average molecular weight is 389 g/mol. The Morgan fingerprint density at radius 3 is 2.62 bits per heavy atom. The first-order valence-electron chi connectivity index (χ1n) is 8.77. The molecular weight excluding hydrogens is 373 g/mol. The van der Waals surface area contributed by atoms with Gasteiger partial charge in [-0.25, -0.2) is 9.37 Å². The third-order valence-corrected chi connectivity index (χ3v) is 4.22. The van der Waals surface area contributed by atoms with Crippen molar-refractivity contribution in [3.63, 3.8) is 0 Å². The van der Waals surface area contributed by atoms with Crippen LogP contribution in [0.1, 0.15) is 10.5 Å². The van der Waals surface area contributed by atoms with E-state index in [1.165, 1.54) is 19.4 Å². The highest BCUT2D eigenvalue weighted by Crippen LogP contribution is 2.30. The molecule has 0 aliphatic heterocycles. The van der Waals surface area contributed by atoms with E-state index in [2.05, 4.69) is 15.3 Å². The number of pyridine rings is 2. The van der Waals surface area contributed by atoms with Gasteiger partial charge >= 0.3 is 0 Å². The normalized spacial score (nSPS) is 10.6. The summed E-state index contributed by atoms with van der Waals surface area (Å²) in [7, 11) is 1.32. The minimum Gasteiger partial charge on any atom is -0.494 e. The minimum absolute atomic E-state index is 0.0493. The molecular formula is C22H16FN3O3. The van der Waals surface area contributed by atoms with E-state index in [0.29, 0.717) is 17.2 Å². The maximum atomic E-state index is 14.3. The SMILES string of the molecule is COc1ccnc(C(=O)Nc2cccc(Oc3ccnc4ccccc34)c2)c1F. The van der Waals surface area contributed by atoms with Crippen molar-refractivity contribution in [1.29, 1.82) is 0 Å². The number of hydrogen-bond donors (Lipinski definition) is 1. The molecule has 0 radical (unpaired) electrons. The smallest absolute Gasteiger partial charge is 0.277 e. The van der Waals surface area contributed by atoms with E-state index in [4.69, 9.17) is 9.47 Å². The number of anilines is 1. The van der Waals surface area contributed by atoms with Crippen LogP contribution in [0.25, 0.3) is 10.9 Å². The van der Waals surface area contributed by atoms with Gasteiger partial charge in [0.15, 0.2) is 17.3 Å². The zero-order valence-corrected chi connectivity index (χ0v) is 15.4. The maximum Gasteiger partial charge on any atom is 0.277 e. The highest BCUT2D eigenvalue weighted by molar-refractivity contribution is 6.03. The van der Waals surface area contributed by atoms with Crippen LogP contribution in [-0.2, 0) is 0 Å². The molecule has 144 valence electrons. The quantitative estimate of drug-likeness (QED) is 0.530. The van der Waals surface area contributed by atoms with Gasteiger partial charge in [0, 0.05) is 35.6 Å². The fourth-order valence-corrected chi connectivity index (χ4v) is 2.86. The van der Waals surface area contributed by atoms with E-state index in [-0.39, 0.29) is 11.4 Å². The van der Waals surface area contributed by atoms with Crippen LogP contribution in [0.4, 0.5) is 10.1 Å². The van der Waals surface area contributed by atoms with Crippen molar-refractivity contribution in [3.05, 3.63) is 84.6 Å². The van der Waals surface area contributed by atoms with Crippen LogP contribution in [0.3, 0.4) is 0 Å². The molecule has 29 heavy (non-hydrogen) atoms. The van der Waals surface area contributed by atoms with Crippen molar-refractivity contribution in [2.24, 2.45) is 0 Å². The Labute approximate surface area is 166 Å². The Bertz CT molecular complexity index is 1190. The van der Waals surface area contributed by atoms with Crippen LogP contribution in [0.5, 0.6) is 17.2 Å². The Hall–Kier alpha value is -4.00. The zero-order valence-electron chi connectivity index (χ0n) is 15.4. The topological polar surface area (TPSA) is 73.3 Å². The summed E-state index contributed by atoms with van der Waals surface area (Å²) in [6.45, 7) is 0. The van der Waals surface area contributed by atoms with Gasteiger partial charge in [-0.05, 0) is 30.3 Å². The molecule has 0 aliphatic rings. The summed E-state index contributed by atoms with van der Waals surface area (Å²) in [5, 5.41) is 3.49. The first-order valence-corrected chi connectivity index (χ1v) is 8.77. The number of nitrogens with zero attached hydrogens (tertiary/aromatic N) is 2. The van der Waals surface area contributed by atoms with Crippen LogP contribution in [0.2, 0.25) is 0 Å². The van der Waals surface area contributed by atoms with Gasteiger partial charge in [0.05, 0.1) is 12.6 Å². The minimum atomic E-state index is -0.817. The van der Waals surface area contributed by atoms with Crippen molar-refractivity contribution < 1.29 is 18.7 Å². The van der Waals surface area contributed by atoms with E-state index >= 15 is 0 Å². The first-order chi connectivity index (χ1) is 14.2. The van der Waals surface area contributed by atoms with Crippen molar-refractivity contribution in [3.8, 4) is 17.2 Å². The highest BCUT2D eigenvalue weighted by Gasteiger charge is 2.17. The number of ether oxygens (including phenoxy) is 2. The molecule has 0 bridgehead atoms. The third-order valence-electron chi connectivity index (χ3n) is 4.22. The molecule has 0 saturated carbocycles. The molecule has 0 saturated heterocycles. The second kappa shape index (κ2) is 7.93. The Balaban J connectivity index is 1.57. The summed E-state index contributed by atoms with van der Waals surface area (Å²) in [6, 6.07) is 17.5. The number of aromatic nitrogens is 2. The number of benzene rings is 2. The molecule has 0 aliphatic carbocycles. The predicted octanol–water partition coefficient (Wildman–Crippen LogP) is 4.82. The lowest BCUT2D eigenvalue weighted by molar-refractivity contribution is 0.101. The number of hydrogen-bond acceptors (Lipinski definition) is 5. The number of halogens is 1. The summed E-state index contributed by atoms with van der Waals surface area (Å²) in [4.78, 5) is 20.5. The summed E-state index contributed by atoms with van der Waals surface area (Å²) in [5.41, 5.74) is 0.903. The monoisotopic (exact) mass is 389 g/mol. The molecule has 1 N–H and O–H groups in total. The number of amides is 1. The van der Waals surface area contributed by atoms with Gasteiger partial charge < -0.3 is 14.8 Å². The highest BCUT2D eigenvalue weighted by atomic mass is 19.1. The summed E-state index contributed by atoms with van der Waals surface area (Å²) in [6.07, 6.45) is 2.98. The number of carbonyl (C=O) groups is 1. The van der Waals surface area contributed by atoms with E-state index < -0.39 is 11.7 Å². The number of nitrogens with one attached hydrogen (secondary N) is 1. The summed E-state index contributed by atoms with van der Waals surface area (Å²) < 4.78 is 25.1. The number of fused-ring (bicyclic) bond motifs is 1. The lowest BCUT2D eigenvalue weighted by atomic mass is 10.2. The largest absolute Gasteiger partial charge is 0.494 e. The molecule has 0 fully saturated rings. The molecule has 0 atom stereocenters. The van der Waals surface area contributed by atoms with Crippen LogP contribution in [-0.4, -0.2) is 23.0 Å². The second-order valence-corrected chi connectivity index (χ2v) is 6.09. The summed E-state index contributed by atoms with van der Waals surface area (Å²) in [5.74, 6) is -0.402. The average Bonchev–Trinajstić information content (AvgIpc) is 2.74. The number of methoxy groups -OCH3 is 1. The molecule has 0 spiro atoms. The molecule has 1 amide bonds. The van der Waals surface area contributed by atoms with Crippen LogP contribution in [0, 0.1) is 5.82 Å². The lowest BCUT2D eigenvalue weighted by Crippen LogP contribution is -2.16. The molecule has 2 aromatic carbocycles. The van der Waals surface area contributed by atoms with Crippen LogP contribution >= 0.6 is 0 Å². The Kier molecular flexibility index (Phi) is 5.03. The van der Waals surface area contributed by atoms with Crippen molar-refractivity contribution >= 4 is 22.5 Å². The van der Waals surface area contributed by atoms with Crippen molar-refractivity contribution in [2.45, 2.75) is 0 Å². The number of para-hydroxylation sites is 1. The predicted molar refractivity (Wildman–Crippen MR) is 107 cm³/mol. The third kappa shape index (κ3) is 3.84. The number of rotatable bonds is 5. The van der Waals surface area contributed by atoms with Gasteiger partial charge in [-0.1, -0.05) is 18.2 Å². The molecule has 0 unspecified atom stereocenters. The molecule has 6 nitrogen and oxygen atoms in total. The fraction of sp³-hybridized carbons (Fsp3) is 0.0455. The van der Waals surface area contributed by atoms with Crippen molar-refractivity contribution in [2.75, 3.05) is 12.4 Å². The molecule has 4 rings (SSSR count). The first kappa shape index (κ1) is 18.4. The van der Waals surface area contributed by atoms with Crippen LogP contribution < -0.4 is 14.8 Å². The van der Waals surface area contributed by atoms with E-state index in [1.807, 2.05) is 24.3 Å². The molecule has 7 heteroatoms. The standard InChI is InChI=1S/C22H16FN3O3/c1-28-19-10-12-25-21(20(19)23)22(27)26-14-5-4-6-15(13-14)29-18-9-11-24-17-8-3-2-7-16(17)18/h2-13H,1H3,(H,26,27). The molecule has 2 heterocycles. The Morgan fingerprint density at radius 2 is 1.76 bits per heavy atom. The van der Waals surface area contributed by atoms with Gasteiger partial charge in [0.1, 0.15) is 11.5 Å². The molecule has 2 aromatic heterocycles. The van der Waals surface area contributed by atoms with Gasteiger partial charge in [0.2, 0.25) is 0 Å². The Morgan fingerprint density at radius 1 is 0.966 bits per heavy atom. The van der Waals surface area contributed by atoms with Crippen molar-refractivity contribution in [1.82, 2.24) is 9.97 Å². The van der Waals surface area contributed by atoms with Crippen LogP contribution in [0.15, 0.2) is 73.1 Å². The van der Waals surface area contributed by atoms with E-state index in [1.54, 1.807) is 36.5 Å². The summed E-state index contributed by atoms with van der Waals surface area (Å²) >= 11 is 0. The fourth-order valence-electron chi connectivity index (χ4n) is 2.86. The van der Waals surface area contributed by atoms with E-state index in [0.717, 1.165) is 10.9 Å². The lowest BCUT2D eigenvalue weighted by Gasteiger charge is -2.11. The van der Waals surface area contributed by atoms with E-state index in [9.17, 15) is 9.18 Å².